The minimum absolute atomic E-state index is 0.191. The molecule has 0 rings (SSSR count). The lowest BCUT2D eigenvalue weighted by Gasteiger charge is -2.30. The molecule has 0 saturated heterocycles. The van der Waals surface area contributed by atoms with Gasteiger partial charge in [-0.25, -0.2) is 0 Å². The van der Waals surface area contributed by atoms with Crippen LogP contribution in [0, 0.1) is 5.41 Å². The Balaban J connectivity index is 3.96. The van der Waals surface area contributed by atoms with E-state index >= 15 is 0 Å². The highest BCUT2D eigenvalue weighted by atomic mass is 35.5. The van der Waals surface area contributed by atoms with Crippen molar-refractivity contribution in [2.45, 2.75) is 20.8 Å². The van der Waals surface area contributed by atoms with E-state index in [1.54, 1.807) is 5.54 Å². The summed E-state index contributed by atoms with van der Waals surface area (Å²) in [6, 6.07) is 0. The first kappa shape index (κ1) is 12.9. The molecule has 2 N–H and O–H groups in total. The zero-order valence-corrected chi connectivity index (χ0v) is 9.64. The molecule has 0 unspecified atom stereocenters. The Hall–Kier alpha value is -0.0500. The minimum atomic E-state index is 0.191. The molecule has 0 aliphatic heterocycles. The number of nitrogens with zero attached hydrogens (tertiary/aromatic N) is 1. The van der Waals surface area contributed by atoms with Gasteiger partial charge in [-0.1, -0.05) is 38.4 Å². The third-order valence-corrected chi connectivity index (χ3v) is 2.28. The molecule has 0 aliphatic carbocycles. The summed E-state index contributed by atoms with van der Waals surface area (Å²) in [5, 5.41) is 0. The molecule has 0 aromatic heterocycles. The third-order valence-electron chi connectivity index (χ3n) is 2.10. The Bertz CT molecular complexity index is 155. The van der Waals surface area contributed by atoms with E-state index in [2.05, 4.69) is 25.7 Å². The second-order valence-electron chi connectivity index (χ2n) is 4.06. The van der Waals surface area contributed by atoms with Gasteiger partial charge in [0.15, 0.2) is 0 Å². The van der Waals surface area contributed by atoms with E-state index in [9.17, 15) is 0 Å². The maximum atomic E-state index is 5.67. The van der Waals surface area contributed by atoms with E-state index in [-0.39, 0.29) is 5.41 Å². The highest BCUT2D eigenvalue weighted by molar-refractivity contribution is 6.25. The molecule has 0 aromatic carbocycles. The summed E-state index contributed by atoms with van der Waals surface area (Å²) in [7, 11) is 0. The Morgan fingerprint density at radius 2 is 2.08 bits per heavy atom. The molecule has 0 bridgehead atoms. The van der Waals surface area contributed by atoms with Gasteiger partial charge in [0.25, 0.3) is 0 Å². The molecule has 0 atom stereocenters. The quantitative estimate of drug-likeness (QED) is 0.718. The van der Waals surface area contributed by atoms with Gasteiger partial charge in [0.2, 0.25) is 0 Å². The van der Waals surface area contributed by atoms with Crippen LogP contribution in [0.15, 0.2) is 11.6 Å². The first-order chi connectivity index (χ1) is 6.05. The first-order valence-electron chi connectivity index (χ1n) is 4.73. The van der Waals surface area contributed by atoms with Gasteiger partial charge in [0, 0.05) is 18.6 Å². The number of nitrogens with two attached hydrogens (primary N) is 1. The molecule has 0 aliphatic rings. The number of hydrogen-bond acceptors (Lipinski definition) is 2. The lowest BCUT2D eigenvalue weighted by Crippen LogP contribution is -2.38. The smallest absolute Gasteiger partial charge is 0.0174 e. The molecule has 0 radical (unpaired) electrons. The van der Waals surface area contributed by atoms with Crippen LogP contribution in [0.2, 0.25) is 0 Å². The van der Waals surface area contributed by atoms with Crippen LogP contribution in [-0.2, 0) is 0 Å². The normalized spacial score (nSPS) is 13.1. The molecule has 0 heterocycles. The third kappa shape index (κ3) is 6.08. The topological polar surface area (TPSA) is 29.3 Å². The summed E-state index contributed by atoms with van der Waals surface area (Å²) < 4.78 is 0. The molecule has 2 nitrogen and oxygen atoms in total. The summed E-state index contributed by atoms with van der Waals surface area (Å²) in [5.74, 6) is 0. The van der Waals surface area contributed by atoms with Crippen molar-refractivity contribution in [3.63, 3.8) is 0 Å². The maximum Gasteiger partial charge on any atom is 0.0174 e. The number of hydrogen-bond donors (Lipinski definition) is 1. The minimum Gasteiger partial charge on any atom is -0.330 e. The SMILES string of the molecule is CCN(CC=CCl)CC(C)(C)CN. The van der Waals surface area contributed by atoms with Crippen LogP contribution in [0.4, 0.5) is 0 Å². The molecular weight excluding hydrogens is 184 g/mol. The molecule has 0 spiro atoms. The van der Waals surface area contributed by atoms with Gasteiger partial charge in [0.05, 0.1) is 0 Å². The molecule has 13 heavy (non-hydrogen) atoms. The summed E-state index contributed by atoms with van der Waals surface area (Å²) >= 11 is 5.48. The van der Waals surface area contributed by atoms with Gasteiger partial charge in [0.1, 0.15) is 0 Å². The second kappa shape index (κ2) is 6.41. The van der Waals surface area contributed by atoms with Crippen molar-refractivity contribution >= 4 is 11.6 Å². The molecule has 3 heteroatoms. The largest absolute Gasteiger partial charge is 0.330 e. The van der Waals surface area contributed by atoms with E-state index in [1.165, 1.54) is 0 Å². The molecular formula is C10H21ClN2. The maximum absolute atomic E-state index is 5.67. The van der Waals surface area contributed by atoms with Crippen LogP contribution in [0.5, 0.6) is 0 Å². The van der Waals surface area contributed by atoms with E-state index in [1.807, 2.05) is 6.08 Å². The number of halogens is 1. The van der Waals surface area contributed by atoms with Gasteiger partial charge in [-0.3, -0.25) is 4.90 Å². The summed E-state index contributed by atoms with van der Waals surface area (Å²) in [6.45, 7) is 10.2. The zero-order chi connectivity index (χ0) is 10.3. The highest BCUT2D eigenvalue weighted by Gasteiger charge is 2.18. The fraction of sp³-hybridized carbons (Fsp3) is 0.800. The van der Waals surface area contributed by atoms with Crippen molar-refractivity contribution in [3.05, 3.63) is 11.6 Å². The van der Waals surface area contributed by atoms with Gasteiger partial charge < -0.3 is 5.73 Å². The van der Waals surface area contributed by atoms with E-state index in [0.29, 0.717) is 6.54 Å². The Labute approximate surface area is 86.7 Å². The van der Waals surface area contributed by atoms with Crippen molar-refractivity contribution in [2.24, 2.45) is 11.1 Å². The Kier molecular flexibility index (Phi) is 6.39. The molecule has 0 fully saturated rings. The molecule has 0 saturated carbocycles. The van der Waals surface area contributed by atoms with E-state index < -0.39 is 0 Å². The second-order valence-corrected chi connectivity index (χ2v) is 4.31. The van der Waals surface area contributed by atoms with Crippen LogP contribution in [-0.4, -0.2) is 31.1 Å². The number of rotatable bonds is 6. The zero-order valence-electron chi connectivity index (χ0n) is 8.89. The predicted molar refractivity (Wildman–Crippen MR) is 59.9 cm³/mol. The number of likely N-dealkylation sites (N-methyl/N-ethyl adjacent to an activating group) is 1. The van der Waals surface area contributed by atoms with Gasteiger partial charge >= 0.3 is 0 Å². The fourth-order valence-corrected chi connectivity index (χ4v) is 1.24. The van der Waals surface area contributed by atoms with Crippen LogP contribution in [0.1, 0.15) is 20.8 Å². The van der Waals surface area contributed by atoms with E-state index in [4.69, 9.17) is 17.3 Å². The molecule has 0 amide bonds. The monoisotopic (exact) mass is 204 g/mol. The molecule has 0 aromatic rings. The lowest BCUT2D eigenvalue weighted by atomic mass is 9.93. The van der Waals surface area contributed by atoms with Crippen molar-refractivity contribution in [3.8, 4) is 0 Å². The molecule has 78 valence electrons. The van der Waals surface area contributed by atoms with Crippen LogP contribution >= 0.6 is 11.6 Å². The Morgan fingerprint density at radius 3 is 2.46 bits per heavy atom. The average Bonchev–Trinajstić information content (AvgIpc) is 2.12. The van der Waals surface area contributed by atoms with Gasteiger partial charge in [-0.05, 0) is 18.5 Å². The van der Waals surface area contributed by atoms with Crippen LogP contribution in [0.25, 0.3) is 0 Å². The van der Waals surface area contributed by atoms with Crippen molar-refractivity contribution in [2.75, 3.05) is 26.2 Å². The Morgan fingerprint density at radius 1 is 1.46 bits per heavy atom. The standard InChI is InChI=1S/C10H21ClN2/c1-4-13(7-5-6-11)9-10(2,3)8-12/h5-6H,4,7-9,12H2,1-3H3. The first-order valence-corrected chi connectivity index (χ1v) is 5.17. The van der Waals surface area contributed by atoms with Gasteiger partial charge in [-0.15, -0.1) is 0 Å². The summed E-state index contributed by atoms with van der Waals surface area (Å²) in [4.78, 5) is 2.33. The van der Waals surface area contributed by atoms with Crippen molar-refractivity contribution in [1.82, 2.24) is 4.90 Å². The van der Waals surface area contributed by atoms with Crippen molar-refractivity contribution < 1.29 is 0 Å². The fourth-order valence-electron chi connectivity index (χ4n) is 1.16. The van der Waals surface area contributed by atoms with E-state index in [0.717, 1.165) is 19.6 Å². The summed E-state index contributed by atoms with van der Waals surface area (Å²) in [5.41, 5.74) is 7.43. The highest BCUT2D eigenvalue weighted by Crippen LogP contribution is 2.14. The van der Waals surface area contributed by atoms with Gasteiger partial charge in [-0.2, -0.15) is 0 Å². The van der Waals surface area contributed by atoms with Crippen LogP contribution in [0.3, 0.4) is 0 Å². The summed E-state index contributed by atoms with van der Waals surface area (Å²) in [6.07, 6.45) is 1.96. The predicted octanol–water partition coefficient (Wildman–Crippen LogP) is 2.05. The van der Waals surface area contributed by atoms with Crippen molar-refractivity contribution in [1.29, 1.82) is 0 Å². The van der Waals surface area contributed by atoms with Crippen LogP contribution < -0.4 is 5.73 Å². The average molecular weight is 205 g/mol. The lowest BCUT2D eigenvalue weighted by molar-refractivity contribution is 0.206.